The molecule has 0 saturated heterocycles. The van der Waals surface area contributed by atoms with E-state index in [9.17, 15) is 9.59 Å². The number of ether oxygens (including phenoxy) is 2. The molecule has 0 radical (unpaired) electrons. The predicted molar refractivity (Wildman–Crippen MR) is 85.7 cm³/mol. The van der Waals surface area contributed by atoms with E-state index in [-0.39, 0.29) is 24.3 Å². The molecule has 0 saturated carbocycles. The molecule has 0 spiro atoms. The number of esters is 2. The topological polar surface area (TPSA) is 52.6 Å². The van der Waals surface area contributed by atoms with Gasteiger partial charge in [-0.3, -0.25) is 0 Å². The zero-order chi connectivity index (χ0) is 15.9. The maximum absolute atomic E-state index is 12.2. The molecule has 2 rings (SSSR count). The second-order valence-electron chi connectivity index (χ2n) is 4.47. The van der Waals surface area contributed by atoms with Gasteiger partial charge in [0.2, 0.25) is 0 Å². The van der Waals surface area contributed by atoms with Gasteiger partial charge in [-0.25, -0.2) is 9.59 Å². The molecule has 2 aromatic rings. The fourth-order valence-electron chi connectivity index (χ4n) is 1.86. The molecule has 0 N–H and O–H groups in total. The van der Waals surface area contributed by atoms with Crippen LogP contribution in [0.5, 0.6) is 0 Å². The Morgan fingerprint density at radius 2 is 1.45 bits per heavy atom. The summed E-state index contributed by atoms with van der Waals surface area (Å²) in [4.78, 5) is 24.0. The van der Waals surface area contributed by atoms with Crippen molar-refractivity contribution >= 4 is 27.9 Å². The van der Waals surface area contributed by atoms with Crippen LogP contribution in [0.25, 0.3) is 0 Å². The molecule has 4 nitrogen and oxygen atoms in total. The molecule has 2 aromatic carbocycles. The highest BCUT2D eigenvalue weighted by molar-refractivity contribution is 9.10. The van der Waals surface area contributed by atoms with Crippen molar-refractivity contribution < 1.29 is 19.1 Å². The number of hydrogen-bond acceptors (Lipinski definition) is 4. The minimum absolute atomic E-state index is 0.142. The van der Waals surface area contributed by atoms with Crippen molar-refractivity contribution in [3.05, 3.63) is 69.7 Å². The molecule has 5 heteroatoms. The van der Waals surface area contributed by atoms with Crippen LogP contribution in [0.2, 0.25) is 0 Å². The number of carbonyl (C=O) groups excluding carboxylic acids is 2. The van der Waals surface area contributed by atoms with E-state index in [4.69, 9.17) is 9.47 Å². The summed E-state index contributed by atoms with van der Waals surface area (Å²) in [6, 6.07) is 13.9. The number of carbonyl (C=O) groups is 2. The van der Waals surface area contributed by atoms with Crippen LogP contribution in [0.1, 0.15) is 33.2 Å². The Hall–Kier alpha value is -2.14. The Kier molecular flexibility index (Phi) is 5.72. The SMILES string of the molecule is CCOC(=O)c1ccccc1C(=O)OCc1ccc(Br)cc1. The minimum Gasteiger partial charge on any atom is -0.462 e. The van der Waals surface area contributed by atoms with Crippen LogP contribution in [0.3, 0.4) is 0 Å². The van der Waals surface area contributed by atoms with Gasteiger partial charge in [0.1, 0.15) is 6.61 Å². The number of rotatable bonds is 5. The van der Waals surface area contributed by atoms with Gasteiger partial charge in [-0.15, -0.1) is 0 Å². The summed E-state index contributed by atoms with van der Waals surface area (Å²) in [7, 11) is 0. The fourth-order valence-corrected chi connectivity index (χ4v) is 2.12. The number of benzene rings is 2. The van der Waals surface area contributed by atoms with E-state index in [1.54, 1.807) is 31.2 Å². The first-order valence-corrected chi connectivity index (χ1v) is 7.59. The lowest BCUT2D eigenvalue weighted by molar-refractivity contribution is 0.0445. The third-order valence-corrected chi connectivity index (χ3v) is 3.45. The van der Waals surface area contributed by atoms with Crippen molar-refractivity contribution in [3.8, 4) is 0 Å². The molecule has 0 aliphatic heterocycles. The highest BCUT2D eigenvalue weighted by Gasteiger charge is 2.18. The number of hydrogen-bond donors (Lipinski definition) is 0. The van der Waals surface area contributed by atoms with Gasteiger partial charge < -0.3 is 9.47 Å². The predicted octanol–water partition coefficient (Wildman–Crippen LogP) is 3.98. The Labute approximate surface area is 137 Å². The fraction of sp³-hybridized carbons (Fsp3) is 0.176. The van der Waals surface area contributed by atoms with Crippen molar-refractivity contribution in [2.45, 2.75) is 13.5 Å². The van der Waals surface area contributed by atoms with Gasteiger partial charge in [0.15, 0.2) is 0 Å². The zero-order valence-corrected chi connectivity index (χ0v) is 13.6. The van der Waals surface area contributed by atoms with Crippen LogP contribution in [0, 0.1) is 0 Å². The number of halogens is 1. The van der Waals surface area contributed by atoms with E-state index in [1.807, 2.05) is 24.3 Å². The van der Waals surface area contributed by atoms with Crippen molar-refractivity contribution in [1.29, 1.82) is 0 Å². The Balaban J connectivity index is 2.09. The lowest BCUT2D eigenvalue weighted by Gasteiger charge is -2.09. The van der Waals surface area contributed by atoms with Gasteiger partial charge in [-0.05, 0) is 36.8 Å². The molecule has 0 heterocycles. The highest BCUT2D eigenvalue weighted by Crippen LogP contribution is 2.15. The van der Waals surface area contributed by atoms with E-state index in [0.29, 0.717) is 0 Å². The average molecular weight is 363 g/mol. The van der Waals surface area contributed by atoms with Crippen LogP contribution >= 0.6 is 15.9 Å². The van der Waals surface area contributed by atoms with E-state index in [2.05, 4.69) is 15.9 Å². The van der Waals surface area contributed by atoms with Gasteiger partial charge in [0, 0.05) is 4.47 Å². The van der Waals surface area contributed by atoms with Crippen LogP contribution in [-0.4, -0.2) is 18.5 Å². The first-order valence-electron chi connectivity index (χ1n) is 6.79. The summed E-state index contributed by atoms with van der Waals surface area (Å²) in [6.07, 6.45) is 0. The van der Waals surface area contributed by atoms with Gasteiger partial charge >= 0.3 is 11.9 Å². The molecular formula is C17H15BrO4. The quantitative estimate of drug-likeness (QED) is 0.754. The first kappa shape index (κ1) is 16.2. The first-order chi connectivity index (χ1) is 10.6. The highest BCUT2D eigenvalue weighted by atomic mass is 79.9. The molecule has 0 aromatic heterocycles. The van der Waals surface area contributed by atoms with Crippen molar-refractivity contribution in [2.24, 2.45) is 0 Å². The normalized spacial score (nSPS) is 10.1. The van der Waals surface area contributed by atoms with Gasteiger partial charge in [-0.1, -0.05) is 40.2 Å². The monoisotopic (exact) mass is 362 g/mol. The largest absolute Gasteiger partial charge is 0.462 e. The zero-order valence-electron chi connectivity index (χ0n) is 12.0. The van der Waals surface area contributed by atoms with Gasteiger partial charge in [-0.2, -0.15) is 0 Å². The third-order valence-electron chi connectivity index (χ3n) is 2.93. The molecule has 0 amide bonds. The van der Waals surface area contributed by atoms with Crippen LogP contribution < -0.4 is 0 Å². The lowest BCUT2D eigenvalue weighted by atomic mass is 10.1. The molecule has 0 fully saturated rings. The second-order valence-corrected chi connectivity index (χ2v) is 5.38. The van der Waals surface area contributed by atoms with Gasteiger partial charge in [0.05, 0.1) is 17.7 Å². The summed E-state index contributed by atoms with van der Waals surface area (Å²) < 4.78 is 11.2. The van der Waals surface area contributed by atoms with Crippen molar-refractivity contribution in [1.82, 2.24) is 0 Å². The van der Waals surface area contributed by atoms with E-state index >= 15 is 0 Å². The maximum atomic E-state index is 12.2. The van der Waals surface area contributed by atoms with Crippen molar-refractivity contribution in [2.75, 3.05) is 6.61 Å². The minimum atomic E-state index is -0.549. The van der Waals surface area contributed by atoms with Crippen LogP contribution in [0.15, 0.2) is 53.0 Å². The smallest absolute Gasteiger partial charge is 0.339 e. The molecule has 0 bridgehead atoms. The third kappa shape index (κ3) is 4.18. The van der Waals surface area contributed by atoms with Crippen LogP contribution in [0.4, 0.5) is 0 Å². The lowest BCUT2D eigenvalue weighted by Crippen LogP contribution is -2.13. The summed E-state index contributed by atoms with van der Waals surface area (Å²) in [5.74, 6) is -1.08. The molecule has 0 unspecified atom stereocenters. The molecule has 0 aliphatic carbocycles. The van der Waals surface area contributed by atoms with E-state index in [0.717, 1.165) is 10.0 Å². The summed E-state index contributed by atoms with van der Waals surface area (Å²) in [5, 5.41) is 0. The van der Waals surface area contributed by atoms with E-state index < -0.39 is 11.9 Å². The molecule has 22 heavy (non-hydrogen) atoms. The van der Waals surface area contributed by atoms with Crippen LogP contribution in [-0.2, 0) is 16.1 Å². The van der Waals surface area contributed by atoms with Gasteiger partial charge in [0.25, 0.3) is 0 Å². The molecule has 0 atom stereocenters. The Bertz CT molecular complexity index is 665. The standard InChI is InChI=1S/C17H15BrO4/c1-2-21-16(19)14-5-3-4-6-15(14)17(20)22-11-12-7-9-13(18)10-8-12/h3-10H,2,11H2,1H3. The maximum Gasteiger partial charge on any atom is 0.339 e. The summed E-state index contributed by atoms with van der Waals surface area (Å²) >= 11 is 3.34. The Morgan fingerprint density at radius 3 is 2.00 bits per heavy atom. The van der Waals surface area contributed by atoms with Crippen molar-refractivity contribution in [3.63, 3.8) is 0 Å². The molecule has 114 valence electrons. The summed E-state index contributed by atoms with van der Waals surface area (Å²) in [6.45, 7) is 2.11. The molecule has 0 aliphatic rings. The second kappa shape index (κ2) is 7.75. The Morgan fingerprint density at radius 1 is 0.909 bits per heavy atom. The molecular weight excluding hydrogens is 348 g/mol. The summed E-state index contributed by atoms with van der Waals surface area (Å²) in [5.41, 5.74) is 1.29. The average Bonchev–Trinajstić information content (AvgIpc) is 2.54. The van der Waals surface area contributed by atoms with E-state index in [1.165, 1.54) is 0 Å².